The van der Waals surface area contributed by atoms with Gasteiger partial charge in [-0.3, -0.25) is 0 Å². The molecule has 1 rings (SSSR count). The van der Waals surface area contributed by atoms with E-state index in [1.54, 1.807) is 0 Å². The summed E-state index contributed by atoms with van der Waals surface area (Å²) in [4.78, 5) is 0. The summed E-state index contributed by atoms with van der Waals surface area (Å²) >= 11 is 0. The Hall–Kier alpha value is -1.11. The highest BCUT2D eigenvalue weighted by atomic mass is 19.1. The van der Waals surface area contributed by atoms with Gasteiger partial charge in [0.2, 0.25) is 0 Å². The first-order valence-corrected chi connectivity index (χ1v) is 4.16. The van der Waals surface area contributed by atoms with Crippen LogP contribution >= 0.6 is 0 Å². The maximum absolute atomic E-state index is 12.5. The molecule has 0 saturated heterocycles. The molecule has 0 aliphatic heterocycles. The highest BCUT2D eigenvalue weighted by Crippen LogP contribution is 2.20. The zero-order valence-electron chi connectivity index (χ0n) is 7.26. The Kier molecular flexibility index (Phi) is 3.03. The molecule has 1 heteroatoms. The predicted octanol–water partition coefficient (Wildman–Crippen LogP) is 3.51. The van der Waals surface area contributed by atoms with Gasteiger partial charge >= 0.3 is 0 Å². The van der Waals surface area contributed by atoms with Gasteiger partial charge < -0.3 is 0 Å². The van der Waals surface area contributed by atoms with Crippen LogP contribution in [0.5, 0.6) is 0 Å². The second-order valence-corrected chi connectivity index (χ2v) is 2.80. The molecule has 0 bridgehead atoms. The van der Waals surface area contributed by atoms with Gasteiger partial charge in [-0.05, 0) is 24.1 Å². The normalized spacial score (nSPS) is 12.5. The van der Waals surface area contributed by atoms with Crippen LogP contribution in [0.3, 0.4) is 0 Å². The molecule has 0 heterocycles. The summed E-state index contributed by atoms with van der Waals surface area (Å²) in [6, 6.07) is 6.60. The molecule has 1 atom stereocenters. The van der Waals surface area contributed by atoms with Crippen molar-refractivity contribution in [2.24, 2.45) is 0 Å². The molecule has 12 heavy (non-hydrogen) atoms. The minimum absolute atomic E-state index is 0.183. The van der Waals surface area contributed by atoms with Crippen LogP contribution in [-0.2, 0) is 0 Å². The molecule has 0 aliphatic carbocycles. The van der Waals surface area contributed by atoms with E-state index in [4.69, 9.17) is 0 Å². The highest BCUT2D eigenvalue weighted by Gasteiger charge is 2.03. The third-order valence-electron chi connectivity index (χ3n) is 2.02. The van der Waals surface area contributed by atoms with Crippen molar-refractivity contribution in [3.05, 3.63) is 48.3 Å². The molecule has 1 aromatic carbocycles. The molecule has 0 nitrogen and oxygen atoms in total. The first-order valence-electron chi connectivity index (χ1n) is 4.16. The van der Waals surface area contributed by atoms with E-state index in [1.807, 2.05) is 18.2 Å². The van der Waals surface area contributed by atoms with Crippen LogP contribution in [0.4, 0.5) is 4.39 Å². The van der Waals surface area contributed by atoms with Crippen LogP contribution in [-0.4, -0.2) is 0 Å². The van der Waals surface area contributed by atoms with Gasteiger partial charge in [-0.15, -0.1) is 6.58 Å². The SMILES string of the molecule is C=CC(CC)c1ccc(F)cc1. The Balaban J connectivity index is 2.87. The molecule has 0 amide bonds. The standard InChI is InChI=1S/C11H13F/c1-3-9(4-2)10-5-7-11(12)8-6-10/h3,5-9H,1,4H2,2H3. The van der Waals surface area contributed by atoms with E-state index in [1.165, 1.54) is 12.1 Å². The van der Waals surface area contributed by atoms with E-state index >= 15 is 0 Å². The molecular weight excluding hydrogens is 151 g/mol. The average molecular weight is 164 g/mol. The van der Waals surface area contributed by atoms with E-state index in [9.17, 15) is 4.39 Å². The smallest absolute Gasteiger partial charge is 0.123 e. The Morgan fingerprint density at radius 1 is 1.42 bits per heavy atom. The van der Waals surface area contributed by atoms with Crippen molar-refractivity contribution in [3.8, 4) is 0 Å². The largest absolute Gasteiger partial charge is 0.207 e. The van der Waals surface area contributed by atoms with Crippen LogP contribution in [0, 0.1) is 5.82 Å². The van der Waals surface area contributed by atoms with Gasteiger partial charge in [-0.25, -0.2) is 4.39 Å². The zero-order chi connectivity index (χ0) is 8.97. The summed E-state index contributed by atoms with van der Waals surface area (Å²) < 4.78 is 12.5. The van der Waals surface area contributed by atoms with Crippen LogP contribution < -0.4 is 0 Å². The van der Waals surface area contributed by atoms with E-state index in [-0.39, 0.29) is 5.82 Å². The summed E-state index contributed by atoms with van der Waals surface area (Å²) in [5.74, 6) is 0.170. The quantitative estimate of drug-likeness (QED) is 0.600. The molecule has 1 aromatic rings. The number of hydrogen-bond acceptors (Lipinski definition) is 0. The highest BCUT2D eigenvalue weighted by molar-refractivity contribution is 5.23. The van der Waals surface area contributed by atoms with Crippen molar-refractivity contribution < 1.29 is 4.39 Å². The summed E-state index contributed by atoms with van der Waals surface area (Å²) in [6.07, 6.45) is 2.91. The van der Waals surface area contributed by atoms with Gasteiger partial charge in [-0.1, -0.05) is 25.1 Å². The van der Waals surface area contributed by atoms with Gasteiger partial charge in [0.15, 0.2) is 0 Å². The van der Waals surface area contributed by atoms with Gasteiger partial charge in [-0.2, -0.15) is 0 Å². The maximum Gasteiger partial charge on any atom is 0.123 e. The molecule has 1 unspecified atom stereocenters. The van der Waals surface area contributed by atoms with Gasteiger partial charge in [0.05, 0.1) is 0 Å². The molecule has 0 fully saturated rings. The van der Waals surface area contributed by atoms with Crippen molar-refractivity contribution in [3.63, 3.8) is 0 Å². The van der Waals surface area contributed by atoms with Crippen molar-refractivity contribution >= 4 is 0 Å². The van der Waals surface area contributed by atoms with Crippen LogP contribution in [0.2, 0.25) is 0 Å². The third kappa shape index (κ3) is 1.94. The lowest BCUT2D eigenvalue weighted by molar-refractivity contribution is 0.626. The monoisotopic (exact) mass is 164 g/mol. The molecule has 0 N–H and O–H groups in total. The number of allylic oxidation sites excluding steroid dienone is 1. The lowest BCUT2D eigenvalue weighted by Crippen LogP contribution is -1.92. The fourth-order valence-corrected chi connectivity index (χ4v) is 1.25. The Morgan fingerprint density at radius 2 is 2.00 bits per heavy atom. The predicted molar refractivity (Wildman–Crippen MR) is 49.6 cm³/mol. The Bertz CT molecular complexity index is 248. The van der Waals surface area contributed by atoms with Crippen LogP contribution in [0.25, 0.3) is 0 Å². The van der Waals surface area contributed by atoms with Crippen LogP contribution in [0.15, 0.2) is 36.9 Å². The number of benzene rings is 1. The van der Waals surface area contributed by atoms with Gasteiger partial charge in [0, 0.05) is 5.92 Å². The molecule has 0 spiro atoms. The minimum atomic E-state index is -0.183. The molecule has 0 aliphatic rings. The summed E-state index contributed by atoms with van der Waals surface area (Å²) in [5, 5.41) is 0. The van der Waals surface area contributed by atoms with Crippen LogP contribution in [0.1, 0.15) is 24.8 Å². The molecule has 64 valence electrons. The fraction of sp³-hybridized carbons (Fsp3) is 0.273. The lowest BCUT2D eigenvalue weighted by Gasteiger charge is -2.08. The van der Waals surface area contributed by atoms with Crippen molar-refractivity contribution in [1.82, 2.24) is 0 Å². The first kappa shape index (κ1) is 8.98. The van der Waals surface area contributed by atoms with Crippen molar-refractivity contribution in [2.45, 2.75) is 19.3 Å². The minimum Gasteiger partial charge on any atom is -0.207 e. The second-order valence-electron chi connectivity index (χ2n) is 2.80. The van der Waals surface area contributed by atoms with E-state index in [2.05, 4.69) is 13.5 Å². The summed E-state index contributed by atoms with van der Waals surface area (Å²) in [7, 11) is 0. The zero-order valence-corrected chi connectivity index (χ0v) is 7.26. The summed E-state index contributed by atoms with van der Waals surface area (Å²) in [6.45, 7) is 5.83. The number of rotatable bonds is 3. The van der Waals surface area contributed by atoms with E-state index in [0.717, 1.165) is 12.0 Å². The second kappa shape index (κ2) is 4.05. The van der Waals surface area contributed by atoms with E-state index in [0.29, 0.717) is 5.92 Å². The topological polar surface area (TPSA) is 0 Å². The molecular formula is C11H13F. The van der Waals surface area contributed by atoms with Gasteiger partial charge in [0.1, 0.15) is 5.82 Å². The average Bonchev–Trinajstić information content (AvgIpc) is 2.10. The van der Waals surface area contributed by atoms with E-state index < -0.39 is 0 Å². The Labute approximate surface area is 72.7 Å². The number of halogens is 1. The van der Waals surface area contributed by atoms with Crippen molar-refractivity contribution in [2.75, 3.05) is 0 Å². The van der Waals surface area contributed by atoms with Crippen molar-refractivity contribution in [1.29, 1.82) is 0 Å². The summed E-state index contributed by atoms with van der Waals surface area (Å²) in [5.41, 5.74) is 1.13. The molecule has 0 radical (unpaired) electrons. The first-order chi connectivity index (χ1) is 5.77. The van der Waals surface area contributed by atoms with Gasteiger partial charge in [0.25, 0.3) is 0 Å². The fourth-order valence-electron chi connectivity index (χ4n) is 1.25. The number of hydrogen-bond donors (Lipinski definition) is 0. The third-order valence-corrected chi connectivity index (χ3v) is 2.02. The lowest BCUT2D eigenvalue weighted by atomic mass is 9.97. The molecule has 0 saturated carbocycles. The molecule has 0 aromatic heterocycles. The maximum atomic E-state index is 12.5. The Morgan fingerprint density at radius 3 is 2.42 bits per heavy atom.